The molecule has 4 rings (SSSR count). The zero-order valence-corrected chi connectivity index (χ0v) is 16.9. The largest absolute Gasteiger partial charge is 0.465 e. The third-order valence-corrected chi connectivity index (χ3v) is 5.08. The first kappa shape index (κ1) is 20.3. The normalized spacial score (nSPS) is 16.7. The number of benzene rings is 1. The Morgan fingerprint density at radius 3 is 2.77 bits per heavy atom. The number of rotatable bonds is 4. The average Bonchev–Trinajstić information content (AvgIpc) is 3.23. The van der Waals surface area contributed by atoms with Gasteiger partial charge in [-0.05, 0) is 54.2 Å². The smallest absolute Gasteiger partial charge is 0.339 e. The van der Waals surface area contributed by atoms with E-state index >= 15 is 0 Å². The van der Waals surface area contributed by atoms with Crippen LogP contribution in [0.4, 0.5) is 4.79 Å². The zero-order valence-electron chi connectivity index (χ0n) is 16.9. The number of nitrogens with one attached hydrogen (secondary N) is 1. The first-order valence-corrected chi connectivity index (χ1v) is 9.85. The van der Waals surface area contributed by atoms with Crippen molar-refractivity contribution in [3.05, 3.63) is 65.2 Å². The van der Waals surface area contributed by atoms with E-state index in [2.05, 4.69) is 6.92 Å². The number of nitrogens with two attached hydrogens (primary N) is 1. The van der Waals surface area contributed by atoms with Crippen molar-refractivity contribution in [3.8, 4) is 0 Å². The van der Waals surface area contributed by atoms with Crippen molar-refractivity contribution in [3.63, 3.8) is 0 Å². The van der Waals surface area contributed by atoms with E-state index in [1.807, 2.05) is 41.7 Å². The Bertz CT molecular complexity index is 1200. The number of fused-ring (bicyclic) bond motifs is 2. The predicted molar refractivity (Wildman–Crippen MR) is 114 cm³/mol. The van der Waals surface area contributed by atoms with Crippen LogP contribution in [0.3, 0.4) is 0 Å². The van der Waals surface area contributed by atoms with Gasteiger partial charge in [-0.3, -0.25) is 10.1 Å². The number of ether oxygens (including phenoxy) is 1. The highest BCUT2D eigenvalue weighted by Gasteiger charge is 2.29. The van der Waals surface area contributed by atoms with Crippen molar-refractivity contribution < 1.29 is 23.5 Å². The number of imide groups is 1. The lowest BCUT2D eigenvalue weighted by Crippen LogP contribution is -2.37. The summed E-state index contributed by atoms with van der Waals surface area (Å²) in [4.78, 5) is 40.4. The summed E-state index contributed by atoms with van der Waals surface area (Å²) in [6, 6.07) is 9.96. The van der Waals surface area contributed by atoms with Crippen LogP contribution in [-0.2, 0) is 16.0 Å². The molecule has 2 aromatic heterocycles. The molecule has 0 saturated carbocycles. The molecule has 0 spiro atoms. The van der Waals surface area contributed by atoms with Crippen LogP contribution in [0, 0.1) is 5.92 Å². The number of amides is 3. The average molecular weight is 419 g/mol. The van der Waals surface area contributed by atoms with Gasteiger partial charge in [-0.25, -0.2) is 14.6 Å². The highest BCUT2D eigenvalue weighted by atomic mass is 16.5. The Hall–Kier alpha value is -3.94. The number of urea groups is 1. The van der Waals surface area contributed by atoms with Gasteiger partial charge in [0.1, 0.15) is 5.76 Å². The third-order valence-electron chi connectivity index (χ3n) is 5.08. The van der Waals surface area contributed by atoms with Crippen molar-refractivity contribution >= 4 is 40.5 Å². The summed E-state index contributed by atoms with van der Waals surface area (Å²) in [7, 11) is 0. The fraction of sp³-hybridized carbons (Fsp3) is 0.217. The number of carbonyl (C=O) groups is 3. The molecule has 0 radical (unpaired) electrons. The quantitative estimate of drug-likeness (QED) is 0.625. The lowest BCUT2D eigenvalue weighted by atomic mass is 9.81. The van der Waals surface area contributed by atoms with Gasteiger partial charge in [-0.15, -0.1) is 0 Å². The molecule has 0 saturated heterocycles. The van der Waals surface area contributed by atoms with E-state index in [-0.39, 0.29) is 5.92 Å². The Kier molecular flexibility index (Phi) is 5.53. The minimum Gasteiger partial charge on any atom is -0.465 e. The number of hydrogen-bond donors (Lipinski definition) is 2. The molecule has 0 bridgehead atoms. The van der Waals surface area contributed by atoms with Crippen molar-refractivity contribution in [1.82, 2.24) is 10.3 Å². The number of hydrogen-bond acceptors (Lipinski definition) is 6. The SMILES string of the molecule is CC1C/C(=C/c2ccco2)c2nc3ccccc3c(C(=O)OCC(=O)NC(N)=O)c2C1. The van der Waals surface area contributed by atoms with Crippen LogP contribution in [0.5, 0.6) is 0 Å². The predicted octanol–water partition coefficient (Wildman–Crippen LogP) is 3.30. The van der Waals surface area contributed by atoms with Gasteiger partial charge in [-0.2, -0.15) is 0 Å². The van der Waals surface area contributed by atoms with Gasteiger partial charge in [0.25, 0.3) is 5.91 Å². The Morgan fingerprint density at radius 1 is 1.23 bits per heavy atom. The number of carbonyl (C=O) groups excluding carboxylic acids is 3. The molecule has 8 heteroatoms. The zero-order chi connectivity index (χ0) is 22.0. The molecule has 3 N–H and O–H groups in total. The number of aromatic nitrogens is 1. The Morgan fingerprint density at radius 2 is 2.03 bits per heavy atom. The van der Waals surface area contributed by atoms with Gasteiger partial charge in [0, 0.05) is 5.39 Å². The van der Waals surface area contributed by atoms with Gasteiger partial charge in [0.15, 0.2) is 6.61 Å². The van der Waals surface area contributed by atoms with Crippen LogP contribution in [0.2, 0.25) is 0 Å². The molecule has 31 heavy (non-hydrogen) atoms. The molecule has 3 amide bonds. The third kappa shape index (κ3) is 4.32. The summed E-state index contributed by atoms with van der Waals surface area (Å²) in [6.07, 6.45) is 4.97. The number of furan rings is 1. The minimum absolute atomic E-state index is 0.265. The van der Waals surface area contributed by atoms with Crippen LogP contribution >= 0.6 is 0 Å². The van der Waals surface area contributed by atoms with Crippen molar-refractivity contribution in [2.45, 2.75) is 19.8 Å². The first-order valence-electron chi connectivity index (χ1n) is 9.85. The molecule has 1 unspecified atom stereocenters. The van der Waals surface area contributed by atoms with E-state index in [4.69, 9.17) is 19.9 Å². The second kappa shape index (κ2) is 8.43. The Balaban J connectivity index is 1.80. The number of primary amides is 1. The van der Waals surface area contributed by atoms with Gasteiger partial charge in [-0.1, -0.05) is 25.1 Å². The first-order chi connectivity index (χ1) is 14.9. The summed E-state index contributed by atoms with van der Waals surface area (Å²) < 4.78 is 10.7. The van der Waals surface area contributed by atoms with Crippen LogP contribution in [0.15, 0.2) is 47.1 Å². The number of para-hydroxylation sites is 1. The molecule has 1 atom stereocenters. The molecular weight excluding hydrogens is 398 g/mol. The van der Waals surface area contributed by atoms with Gasteiger partial charge < -0.3 is 14.9 Å². The lowest BCUT2D eigenvalue weighted by Gasteiger charge is -2.26. The fourth-order valence-electron chi connectivity index (χ4n) is 3.89. The van der Waals surface area contributed by atoms with E-state index in [0.29, 0.717) is 28.6 Å². The highest BCUT2D eigenvalue weighted by molar-refractivity contribution is 6.07. The second-order valence-corrected chi connectivity index (χ2v) is 7.52. The summed E-state index contributed by atoms with van der Waals surface area (Å²) in [5, 5.41) is 2.53. The number of pyridine rings is 1. The molecule has 2 heterocycles. The molecule has 3 aromatic rings. The van der Waals surface area contributed by atoms with Crippen LogP contribution < -0.4 is 11.1 Å². The number of esters is 1. The number of allylic oxidation sites excluding steroid dienone is 1. The summed E-state index contributed by atoms with van der Waals surface area (Å²) in [5.41, 5.74) is 8.42. The summed E-state index contributed by atoms with van der Waals surface area (Å²) >= 11 is 0. The molecule has 1 aliphatic rings. The van der Waals surface area contributed by atoms with Crippen molar-refractivity contribution in [1.29, 1.82) is 0 Å². The van der Waals surface area contributed by atoms with E-state index < -0.39 is 24.5 Å². The van der Waals surface area contributed by atoms with Crippen LogP contribution in [0.1, 0.15) is 40.7 Å². The summed E-state index contributed by atoms with van der Waals surface area (Å²) in [6.45, 7) is 1.49. The van der Waals surface area contributed by atoms with E-state index in [1.165, 1.54) is 0 Å². The van der Waals surface area contributed by atoms with Crippen molar-refractivity contribution in [2.75, 3.05) is 6.61 Å². The summed E-state index contributed by atoms with van der Waals surface area (Å²) in [5.74, 6) is -0.473. The topological polar surface area (TPSA) is 125 Å². The van der Waals surface area contributed by atoms with Crippen LogP contribution in [-0.4, -0.2) is 29.5 Å². The van der Waals surface area contributed by atoms with Gasteiger partial charge >= 0.3 is 12.0 Å². The van der Waals surface area contributed by atoms with Crippen LogP contribution in [0.25, 0.3) is 22.6 Å². The van der Waals surface area contributed by atoms with Gasteiger partial charge in [0.05, 0.1) is 23.0 Å². The number of nitrogens with zero attached hydrogens (tertiary/aromatic N) is 1. The van der Waals surface area contributed by atoms with Crippen molar-refractivity contribution in [2.24, 2.45) is 11.7 Å². The standard InChI is InChI=1S/C23H21N3O5/c1-13-9-14(11-15-5-4-8-30-15)21-17(10-13)20(16-6-2-3-7-18(16)25-21)22(28)31-12-19(27)26-23(24)29/h2-8,11,13H,9-10,12H2,1H3,(H3,24,26,27,29)/b14-11-. The van der Waals surface area contributed by atoms with E-state index in [1.54, 1.807) is 12.3 Å². The maximum absolute atomic E-state index is 13.1. The Labute approximate surface area is 178 Å². The second-order valence-electron chi connectivity index (χ2n) is 7.52. The molecule has 0 aliphatic heterocycles. The minimum atomic E-state index is -1.01. The molecule has 8 nitrogen and oxygen atoms in total. The fourth-order valence-corrected chi connectivity index (χ4v) is 3.89. The van der Waals surface area contributed by atoms with Gasteiger partial charge in [0.2, 0.25) is 0 Å². The molecule has 1 aliphatic carbocycles. The maximum atomic E-state index is 13.1. The maximum Gasteiger partial charge on any atom is 0.339 e. The molecule has 0 fully saturated rings. The van der Waals surface area contributed by atoms with E-state index in [0.717, 1.165) is 23.3 Å². The molecule has 158 valence electrons. The monoisotopic (exact) mass is 419 g/mol. The lowest BCUT2D eigenvalue weighted by molar-refractivity contribution is -0.123. The highest BCUT2D eigenvalue weighted by Crippen LogP contribution is 2.38. The van der Waals surface area contributed by atoms with E-state index in [9.17, 15) is 14.4 Å². The molecular formula is C23H21N3O5. The molecule has 1 aromatic carbocycles.